The number of hydrogen-bond acceptors (Lipinski definition) is 3. The van der Waals surface area contributed by atoms with E-state index in [0.29, 0.717) is 6.04 Å². The lowest BCUT2D eigenvalue weighted by Gasteiger charge is -2.24. The highest BCUT2D eigenvalue weighted by molar-refractivity contribution is 6.33. The average Bonchev–Trinajstić information content (AvgIpc) is 2.34. The molecule has 0 spiro atoms. The van der Waals surface area contributed by atoms with Crippen LogP contribution in [-0.2, 0) is 4.74 Å². The van der Waals surface area contributed by atoms with Crippen LogP contribution >= 0.6 is 11.6 Å². The van der Waals surface area contributed by atoms with Gasteiger partial charge in [-0.25, -0.2) is 0 Å². The molecule has 0 aromatic heterocycles. The van der Waals surface area contributed by atoms with Crippen molar-refractivity contribution in [3.05, 3.63) is 28.3 Å². The van der Waals surface area contributed by atoms with Crippen LogP contribution in [0.15, 0.2) is 12.1 Å². The van der Waals surface area contributed by atoms with Gasteiger partial charge >= 0.3 is 0 Å². The molecule has 0 bridgehead atoms. The van der Waals surface area contributed by atoms with Gasteiger partial charge in [0.15, 0.2) is 0 Å². The lowest BCUT2D eigenvalue weighted by molar-refractivity contribution is 0.0753. The van der Waals surface area contributed by atoms with E-state index in [-0.39, 0.29) is 0 Å². The Morgan fingerprint density at radius 2 is 2.28 bits per heavy atom. The van der Waals surface area contributed by atoms with Crippen molar-refractivity contribution in [2.45, 2.75) is 26.3 Å². The molecule has 0 radical (unpaired) electrons. The van der Waals surface area contributed by atoms with Crippen molar-refractivity contribution in [2.75, 3.05) is 31.6 Å². The number of hydrogen-bond donors (Lipinski definition) is 2. The van der Waals surface area contributed by atoms with Crippen molar-refractivity contribution in [1.82, 2.24) is 5.32 Å². The highest BCUT2D eigenvalue weighted by Crippen LogP contribution is 2.27. The number of aryl methyl sites for hydroxylation is 2. The molecule has 1 atom stereocenters. The molecule has 2 N–H and O–H groups in total. The standard InChI is InChI=1S/C14H21ClN2O/c1-10-7-11(2)14(13(15)8-10)17-4-3-12-9-18-6-5-16-12/h7-8,12,16-17H,3-6,9H2,1-2H3. The zero-order valence-corrected chi connectivity index (χ0v) is 11.8. The Balaban J connectivity index is 1.86. The molecular weight excluding hydrogens is 248 g/mol. The van der Waals surface area contributed by atoms with Crippen LogP contribution in [0.5, 0.6) is 0 Å². The first kappa shape index (κ1) is 13.7. The number of anilines is 1. The summed E-state index contributed by atoms with van der Waals surface area (Å²) < 4.78 is 5.43. The van der Waals surface area contributed by atoms with Gasteiger partial charge in [0.2, 0.25) is 0 Å². The van der Waals surface area contributed by atoms with Crippen molar-refractivity contribution in [3.8, 4) is 0 Å². The zero-order chi connectivity index (χ0) is 13.0. The van der Waals surface area contributed by atoms with Gasteiger partial charge < -0.3 is 15.4 Å². The number of morpholine rings is 1. The summed E-state index contributed by atoms with van der Waals surface area (Å²) in [7, 11) is 0. The van der Waals surface area contributed by atoms with E-state index in [1.165, 1.54) is 11.1 Å². The van der Waals surface area contributed by atoms with Crippen molar-refractivity contribution < 1.29 is 4.74 Å². The van der Waals surface area contributed by atoms with E-state index >= 15 is 0 Å². The molecule has 1 saturated heterocycles. The molecule has 4 heteroatoms. The predicted molar refractivity (Wildman–Crippen MR) is 76.6 cm³/mol. The maximum Gasteiger partial charge on any atom is 0.0642 e. The van der Waals surface area contributed by atoms with Gasteiger partial charge in [-0.2, -0.15) is 0 Å². The van der Waals surface area contributed by atoms with Crippen LogP contribution < -0.4 is 10.6 Å². The molecule has 100 valence electrons. The molecule has 1 aliphatic rings. The maximum atomic E-state index is 6.25. The van der Waals surface area contributed by atoms with Crippen LogP contribution in [0, 0.1) is 13.8 Å². The summed E-state index contributed by atoms with van der Waals surface area (Å²) in [5.41, 5.74) is 3.46. The van der Waals surface area contributed by atoms with Gasteiger partial charge in [-0.3, -0.25) is 0 Å². The lowest BCUT2D eigenvalue weighted by Crippen LogP contribution is -2.42. The largest absolute Gasteiger partial charge is 0.384 e. The van der Waals surface area contributed by atoms with Gasteiger partial charge in [0, 0.05) is 19.1 Å². The molecule has 1 aliphatic heterocycles. The van der Waals surface area contributed by atoms with E-state index in [0.717, 1.165) is 43.4 Å². The summed E-state index contributed by atoms with van der Waals surface area (Å²) in [4.78, 5) is 0. The number of halogens is 1. The number of nitrogens with one attached hydrogen (secondary N) is 2. The second-order valence-corrected chi connectivity index (χ2v) is 5.29. The molecule has 2 rings (SSSR count). The van der Waals surface area contributed by atoms with Gasteiger partial charge in [-0.05, 0) is 37.5 Å². The first-order valence-corrected chi connectivity index (χ1v) is 6.86. The van der Waals surface area contributed by atoms with Crippen LogP contribution in [0.2, 0.25) is 5.02 Å². The monoisotopic (exact) mass is 268 g/mol. The van der Waals surface area contributed by atoms with Crippen LogP contribution in [0.25, 0.3) is 0 Å². The second kappa shape index (κ2) is 6.41. The fourth-order valence-corrected chi connectivity index (χ4v) is 2.70. The smallest absolute Gasteiger partial charge is 0.0642 e. The molecule has 18 heavy (non-hydrogen) atoms. The van der Waals surface area contributed by atoms with E-state index in [4.69, 9.17) is 16.3 Å². The Kier molecular flexibility index (Phi) is 4.87. The third-order valence-corrected chi connectivity index (χ3v) is 3.52. The van der Waals surface area contributed by atoms with Gasteiger partial charge in [-0.1, -0.05) is 17.7 Å². The third kappa shape index (κ3) is 3.61. The SMILES string of the molecule is Cc1cc(C)c(NCCC2COCCN2)c(Cl)c1. The molecule has 1 fully saturated rings. The topological polar surface area (TPSA) is 33.3 Å². The highest BCUT2D eigenvalue weighted by Gasteiger charge is 2.12. The van der Waals surface area contributed by atoms with E-state index in [1.54, 1.807) is 0 Å². The van der Waals surface area contributed by atoms with Crippen molar-refractivity contribution in [1.29, 1.82) is 0 Å². The molecule has 1 heterocycles. The molecular formula is C14H21ClN2O. The first-order chi connectivity index (χ1) is 8.66. The zero-order valence-electron chi connectivity index (χ0n) is 11.1. The third-order valence-electron chi connectivity index (χ3n) is 3.22. The Morgan fingerprint density at radius 1 is 1.44 bits per heavy atom. The fourth-order valence-electron chi connectivity index (χ4n) is 2.32. The minimum atomic E-state index is 0.454. The van der Waals surface area contributed by atoms with Crippen molar-refractivity contribution in [2.24, 2.45) is 0 Å². The highest BCUT2D eigenvalue weighted by atomic mass is 35.5. The van der Waals surface area contributed by atoms with E-state index in [2.05, 4.69) is 30.5 Å². The average molecular weight is 269 g/mol. The Hall–Kier alpha value is -0.770. The molecule has 1 unspecified atom stereocenters. The van der Waals surface area contributed by atoms with E-state index in [1.807, 2.05) is 6.07 Å². The molecule has 3 nitrogen and oxygen atoms in total. The normalized spacial score (nSPS) is 19.8. The van der Waals surface area contributed by atoms with Crippen LogP contribution in [0.3, 0.4) is 0 Å². The molecule has 0 aliphatic carbocycles. The van der Waals surface area contributed by atoms with Gasteiger partial charge in [-0.15, -0.1) is 0 Å². The summed E-state index contributed by atoms with van der Waals surface area (Å²) >= 11 is 6.25. The van der Waals surface area contributed by atoms with Crippen molar-refractivity contribution >= 4 is 17.3 Å². The predicted octanol–water partition coefficient (Wildman–Crippen LogP) is 2.75. The summed E-state index contributed by atoms with van der Waals surface area (Å²) in [6.07, 6.45) is 1.05. The number of benzene rings is 1. The van der Waals surface area contributed by atoms with E-state index < -0.39 is 0 Å². The second-order valence-electron chi connectivity index (χ2n) is 4.88. The van der Waals surface area contributed by atoms with Gasteiger partial charge in [0.25, 0.3) is 0 Å². The Morgan fingerprint density at radius 3 is 2.94 bits per heavy atom. The number of ether oxygens (including phenoxy) is 1. The van der Waals surface area contributed by atoms with Crippen LogP contribution in [0.1, 0.15) is 17.5 Å². The molecule has 0 saturated carbocycles. The Labute approximate surface area is 114 Å². The molecule has 0 amide bonds. The summed E-state index contributed by atoms with van der Waals surface area (Å²) in [5.74, 6) is 0. The fraction of sp³-hybridized carbons (Fsp3) is 0.571. The quantitative estimate of drug-likeness (QED) is 0.881. The van der Waals surface area contributed by atoms with Gasteiger partial charge in [0.05, 0.1) is 23.9 Å². The summed E-state index contributed by atoms with van der Waals surface area (Å²) in [5, 5.41) is 7.68. The van der Waals surface area contributed by atoms with Crippen molar-refractivity contribution in [3.63, 3.8) is 0 Å². The summed E-state index contributed by atoms with van der Waals surface area (Å²) in [6.45, 7) is 7.64. The lowest BCUT2D eigenvalue weighted by atomic mass is 10.1. The Bertz CT molecular complexity index is 380. The molecule has 1 aromatic rings. The van der Waals surface area contributed by atoms with Gasteiger partial charge in [0.1, 0.15) is 0 Å². The molecule has 1 aromatic carbocycles. The van der Waals surface area contributed by atoms with Crippen LogP contribution in [-0.4, -0.2) is 32.3 Å². The summed E-state index contributed by atoms with van der Waals surface area (Å²) in [6, 6.07) is 4.60. The van der Waals surface area contributed by atoms with Crippen LogP contribution in [0.4, 0.5) is 5.69 Å². The maximum absolute atomic E-state index is 6.25. The van der Waals surface area contributed by atoms with E-state index in [9.17, 15) is 0 Å². The number of rotatable bonds is 4. The first-order valence-electron chi connectivity index (χ1n) is 6.48. The minimum Gasteiger partial charge on any atom is -0.384 e. The minimum absolute atomic E-state index is 0.454.